The van der Waals surface area contributed by atoms with Gasteiger partial charge in [-0.15, -0.1) is 0 Å². The van der Waals surface area contributed by atoms with Crippen LogP contribution in [-0.2, 0) is 0 Å². The van der Waals surface area contributed by atoms with Gasteiger partial charge in [-0.2, -0.15) is 0 Å². The Hall–Kier alpha value is -3.36. The molecule has 0 unspecified atom stereocenters. The number of anilines is 3. The Morgan fingerprint density at radius 2 is 1.92 bits per heavy atom. The molecular formula is C16H11F3N4O2. The van der Waals surface area contributed by atoms with E-state index in [0.29, 0.717) is 5.76 Å². The molecule has 0 aliphatic heterocycles. The Bertz CT molecular complexity index is 943. The van der Waals surface area contributed by atoms with E-state index in [1.54, 1.807) is 6.92 Å². The molecule has 3 rings (SSSR count). The van der Waals surface area contributed by atoms with E-state index in [4.69, 9.17) is 4.52 Å². The number of aromatic nitrogens is 2. The van der Waals surface area contributed by atoms with Crippen molar-refractivity contribution in [1.82, 2.24) is 10.1 Å². The number of amides is 1. The molecular weight excluding hydrogens is 337 g/mol. The Labute approximate surface area is 139 Å². The smallest absolute Gasteiger partial charge is 0.275 e. The SMILES string of the molecule is Cc1cc(NC(=O)c2cc(Nc3ccc(F)c(F)c3F)ccn2)no1. The molecule has 1 amide bonds. The summed E-state index contributed by atoms with van der Waals surface area (Å²) in [5, 5.41) is 8.67. The van der Waals surface area contributed by atoms with Gasteiger partial charge in [-0.3, -0.25) is 9.78 Å². The third-order valence-corrected chi connectivity index (χ3v) is 3.18. The van der Waals surface area contributed by atoms with Gasteiger partial charge in [0.2, 0.25) is 0 Å². The minimum Gasteiger partial charge on any atom is -0.360 e. The normalized spacial score (nSPS) is 10.6. The van der Waals surface area contributed by atoms with Crippen LogP contribution in [0.3, 0.4) is 0 Å². The first-order valence-electron chi connectivity index (χ1n) is 7.05. The highest BCUT2D eigenvalue weighted by Crippen LogP contribution is 2.23. The first-order chi connectivity index (χ1) is 11.9. The third kappa shape index (κ3) is 3.60. The fraction of sp³-hybridized carbons (Fsp3) is 0.0625. The van der Waals surface area contributed by atoms with Crippen molar-refractivity contribution in [1.29, 1.82) is 0 Å². The van der Waals surface area contributed by atoms with Crippen molar-refractivity contribution in [3.63, 3.8) is 0 Å². The molecule has 0 aliphatic carbocycles. The summed E-state index contributed by atoms with van der Waals surface area (Å²) in [4.78, 5) is 16.0. The van der Waals surface area contributed by atoms with Gasteiger partial charge in [-0.25, -0.2) is 13.2 Å². The average molecular weight is 348 g/mol. The van der Waals surface area contributed by atoms with Crippen LogP contribution in [0, 0.1) is 24.4 Å². The molecule has 0 bridgehead atoms. The van der Waals surface area contributed by atoms with E-state index in [2.05, 4.69) is 20.8 Å². The van der Waals surface area contributed by atoms with Gasteiger partial charge in [0.15, 0.2) is 23.3 Å². The van der Waals surface area contributed by atoms with Crippen LogP contribution in [0.25, 0.3) is 0 Å². The summed E-state index contributed by atoms with van der Waals surface area (Å²) in [6, 6.07) is 6.13. The van der Waals surface area contributed by atoms with Crippen LogP contribution < -0.4 is 10.6 Å². The second-order valence-corrected chi connectivity index (χ2v) is 5.05. The lowest BCUT2D eigenvalue weighted by Gasteiger charge is -2.09. The van der Waals surface area contributed by atoms with E-state index >= 15 is 0 Å². The van der Waals surface area contributed by atoms with E-state index in [-0.39, 0.29) is 22.9 Å². The van der Waals surface area contributed by atoms with Crippen molar-refractivity contribution in [2.75, 3.05) is 10.6 Å². The predicted molar refractivity (Wildman–Crippen MR) is 83.0 cm³/mol. The van der Waals surface area contributed by atoms with Gasteiger partial charge in [-0.05, 0) is 31.2 Å². The first kappa shape index (κ1) is 16.5. The van der Waals surface area contributed by atoms with Gasteiger partial charge in [-0.1, -0.05) is 5.16 Å². The second-order valence-electron chi connectivity index (χ2n) is 5.05. The summed E-state index contributed by atoms with van der Waals surface area (Å²) in [5.74, 6) is -4.07. The number of benzene rings is 1. The van der Waals surface area contributed by atoms with Gasteiger partial charge in [0.1, 0.15) is 11.5 Å². The second kappa shape index (κ2) is 6.63. The van der Waals surface area contributed by atoms with Crippen LogP contribution in [0.2, 0.25) is 0 Å². The summed E-state index contributed by atoms with van der Waals surface area (Å²) in [6.07, 6.45) is 1.31. The lowest BCUT2D eigenvalue weighted by molar-refractivity contribution is 0.102. The zero-order chi connectivity index (χ0) is 18.0. The van der Waals surface area contributed by atoms with E-state index in [0.717, 1.165) is 12.1 Å². The van der Waals surface area contributed by atoms with Crippen molar-refractivity contribution in [3.8, 4) is 0 Å². The largest absolute Gasteiger partial charge is 0.360 e. The molecule has 1 aromatic carbocycles. The summed E-state index contributed by atoms with van der Waals surface area (Å²) in [5.41, 5.74) is -0.00128. The number of pyridine rings is 1. The minimum absolute atomic E-state index is 0.00800. The van der Waals surface area contributed by atoms with Crippen molar-refractivity contribution in [2.24, 2.45) is 0 Å². The Kier molecular flexibility index (Phi) is 4.38. The Balaban J connectivity index is 1.79. The molecule has 2 aromatic heterocycles. The maximum absolute atomic E-state index is 13.7. The third-order valence-electron chi connectivity index (χ3n) is 3.18. The van der Waals surface area contributed by atoms with Crippen molar-refractivity contribution in [2.45, 2.75) is 6.92 Å². The van der Waals surface area contributed by atoms with E-state index < -0.39 is 23.4 Å². The van der Waals surface area contributed by atoms with Gasteiger partial charge in [0.05, 0.1) is 5.69 Å². The molecule has 0 spiro atoms. The number of hydrogen-bond donors (Lipinski definition) is 2. The molecule has 6 nitrogen and oxygen atoms in total. The molecule has 0 radical (unpaired) electrons. The maximum atomic E-state index is 13.7. The number of carbonyl (C=O) groups is 1. The Morgan fingerprint density at radius 3 is 2.64 bits per heavy atom. The summed E-state index contributed by atoms with van der Waals surface area (Å²) in [7, 11) is 0. The number of rotatable bonds is 4. The molecule has 0 atom stereocenters. The summed E-state index contributed by atoms with van der Waals surface area (Å²) in [6.45, 7) is 1.67. The summed E-state index contributed by atoms with van der Waals surface area (Å²) >= 11 is 0. The lowest BCUT2D eigenvalue weighted by Crippen LogP contribution is -2.14. The number of nitrogens with zero attached hydrogens (tertiary/aromatic N) is 2. The fourth-order valence-corrected chi connectivity index (χ4v) is 2.02. The number of carbonyl (C=O) groups excluding carboxylic acids is 1. The van der Waals surface area contributed by atoms with Crippen LogP contribution in [0.4, 0.5) is 30.4 Å². The van der Waals surface area contributed by atoms with Crippen LogP contribution in [0.1, 0.15) is 16.2 Å². The molecule has 128 valence electrons. The number of nitrogens with one attached hydrogen (secondary N) is 2. The molecule has 0 aliphatic rings. The quantitative estimate of drug-likeness (QED) is 0.701. The molecule has 2 heterocycles. The van der Waals surface area contributed by atoms with Crippen molar-refractivity contribution >= 4 is 23.1 Å². The fourth-order valence-electron chi connectivity index (χ4n) is 2.02. The maximum Gasteiger partial charge on any atom is 0.275 e. The topological polar surface area (TPSA) is 80.0 Å². The highest BCUT2D eigenvalue weighted by Gasteiger charge is 2.15. The monoisotopic (exact) mass is 348 g/mol. The standard InChI is InChI=1S/C16H11F3N4O2/c1-8-6-13(23-25-8)22-16(24)12-7-9(4-5-20-12)21-11-3-2-10(17)14(18)15(11)19/h2-7H,1H3,(H,20,21)(H,22,23,24). The number of halogens is 3. The van der Waals surface area contributed by atoms with Crippen molar-refractivity contribution in [3.05, 3.63) is 65.4 Å². The molecule has 2 N–H and O–H groups in total. The number of hydrogen-bond acceptors (Lipinski definition) is 5. The van der Waals surface area contributed by atoms with Gasteiger partial charge >= 0.3 is 0 Å². The molecule has 25 heavy (non-hydrogen) atoms. The lowest BCUT2D eigenvalue weighted by atomic mass is 10.2. The van der Waals surface area contributed by atoms with Gasteiger partial charge < -0.3 is 15.2 Å². The zero-order valence-corrected chi connectivity index (χ0v) is 12.8. The molecule has 9 heteroatoms. The van der Waals surface area contributed by atoms with Gasteiger partial charge in [0.25, 0.3) is 5.91 Å². The summed E-state index contributed by atoms with van der Waals surface area (Å²) < 4.78 is 44.8. The predicted octanol–water partition coefficient (Wildman–Crippen LogP) is 3.79. The average Bonchev–Trinajstić information content (AvgIpc) is 3.00. The Morgan fingerprint density at radius 1 is 1.12 bits per heavy atom. The molecule has 0 fully saturated rings. The van der Waals surface area contributed by atoms with Crippen LogP contribution in [0.15, 0.2) is 41.1 Å². The van der Waals surface area contributed by atoms with Crippen LogP contribution in [0.5, 0.6) is 0 Å². The zero-order valence-electron chi connectivity index (χ0n) is 12.8. The van der Waals surface area contributed by atoms with Crippen molar-refractivity contribution < 1.29 is 22.5 Å². The van der Waals surface area contributed by atoms with E-state index in [9.17, 15) is 18.0 Å². The minimum atomic E-state index is -1.58. The molecule has 0 saturated heterocycles. The van der Waals surface area contributed by atoms with Gasteiger partial charge in [0, 0.05) is 18.0 Å². The highest BCUT2D eigenvalue weighted by molar-refractivity contribution is 6.02. The van der Waals surface area contributed by atoms with Crippen LogP contribution in [-0.4, -0.2) is 16.0 Å². The molecule has 0 saturated carbocycles. The van der Waals surface area contributed by atoms with E-state index in [1.165, 1.54) is 24.4 Å². The number of aryl methyl sites for hydroxylation is 1. The highest BCUT2D eigenvalue weighted by atomic mass is 19.2. The van der Waals surface area contributed by atoms with E-state index in [1.807, 2.05) is 0 Å². The molecule has 3 aromatic rings. The van der Waals surface area contributed by atoms with Crippen LogP contribution >= 0.6 is 0 Å². The first-order valence-corrected chi connectivity index (χ1v) is 7.05.